The van der Waals surface area contributed by atoms with Gasteiger partial charge in [-0.1, -0.05) is 119 Å². The molecule has 0 N–H and O–H groups in total. The summed E-state index contributed by atoms with van der Waals surface area (Å²) >= 11 is 28.5. The van der Waals surface area contributed by atoms with Crippen LogP contribution in [0.25, 0.3) is 27.8 Å². The zero-order valence-corrected chi connectivity index (χ0v) is 36.3. The van der Waals surface area contributed by atoms with Crippen LogP contribution < -0.4 is 14.2 Å². The van der Waals surface area contributed by atoms with Gasteiger partial charge < -0.3 is 28.1 Å². The van der Waals surface area contributed by atoms with E-state index >= 15 is 0 Å². The molecule has 0 aliphatic carbocycles. The molecule has 1 unspecified atom stereocenters. The predicted octanol–water partition coefficient (Wildman–Crippen LogP) is 13.0. The van der Waals surface area contributed by atoms with Crippen LogP contribution in [0.2, 0.25) is 20.4 Å². The first kappa shape index (κ1) is 43.0. The van der Waals surface area contributed by atoms with E-state index in [1.54, 1.807) is 49.2 Å². The van der Waals surface area contributed by atoms with E-state index in [0.29, 0.717) is 55.5 Å². The molecule has 0 spiro atoms. The largest absolute Gasteiger partial charge is 0.497 e. The number of halogens is 5. The zero-order chi connectivity index (χ0) is 42.6. The highest BCUT2D eigenvalue weighted by molar-refractivity contribution is 6.40. The molecule has 2 heterocycles. The molecular weight excluding hydrogens is 845 g/mol. The second-order valence-corrected chi connectivity index (χ2v) is 15.4. The smallest absolute Gasteiger partial charge is 0.157 e. The Hall–Kier alpha value is -5.06. The maximum absolute atomic E-state index is 14.2. The van der Waals surface area contributed by atoms with Crippen LogP contribution in [-0.4, -0.2) is 49.5 Å². The molecule has 0 saturated heterocycles. The predicted molar refractivity (Wildman–Crippen MR) is 239 cm³/mol. The molecule has 7 nitrogen and oxygen atoms in total. The van der Waals surface area contributed by atoms with Crippen molar-refractivity contribution in [2.24, 2.45) is 0 Å². The van der Waals surface area contributed by atoms with Crippen molar-refractivity contribution in [3.8, 4) is 39.5 Å². The zero-order valence-electron chi connectivity index (χ0n) is 33.3. The monoisotopic (exact) mass is 884 g/mol. The van der Waals surface area contributed by atoms with Crippen LogP contribution >= 0.6 is 46.4 Å². The van der Waals surface area contributed by atoms with E-state index < -0.39 is 11.7 Å². The molecule has 0 fully saturated rings. The summed E-state index contributed by atoms with van der Waals surface area (Å²) in [6, 6.07) is 31.6. The van der Waals surface area contributed by atoms with Crippen LogP contribution in [0, 0.1) is 19.7 Å². The van der Waals surface area contributed by atoms with Gasteiger partial charge in [0.1, 0.15) is 34.2 Å². The van der Waals surface area contributed by atoms with Crippen LogP contribution in [0.3, 0.4) is 0 Å². The number of ether oxygens (including phenoxy) is 5. The first-order chi connectivity index (χ1) is 29.0. The molecule has 0 radical (unpaired) electrons. The van der Waals surface area contributed by atoms with Gasteiger partial charge in [-0.05, 0) is 89.2 Å². The van der Waals surface area contributed by atoms with Crippen LogP contribution in [0.4, 0.5) is 4.39 Å². The summed E-state index contributed by atoms with van der Waals surface area (Å²) in [5.41, 5.74) is 5.84. The normalized spacial score (nSPS) is 12.1. The molecule has 2 aromatic heterocycles. The Bertz CT molecular complexity index is 2540. The number of rotatable bonds is 16. The summed E-state index contributed by atoms with van der Waals surface area (Å²) in [4.78, 5) is 4.36. The fourth-order valence-electron chi connectivity index (χ4n) is 7.53. The number of nitrogens with zero attached hydrogens (tertiary/aromatic N) is 2. The summed E-state index contributed by atoms with van der Waals surface area (Å²) in [6.45, 7) is 7.96. The van der Waals surface area contributed by atoms with E-state index in [-0.39, 0.29) is 46.6 Å². The highest BCUT2D eigenvalue weighted by atomic mass is 35.5. The van der Waals surface area contributed by atoms with Crippen molar-refractivity contribution in [1.29, 1.82) is 0 Å². The van der Waals surface area contributed by atoms with Gasteiger partial charge in [-0.25, -0.2) is 9.37 Å². The van der Waals surface area contributed by atoms with E-state index in [1.807, 2.05) is 92.7 Å². The highest BCUT2D eigenvalue weighted by Crippen LogP contribution is 2.52. The Morgan fingerprint density at radius 1 is 0.733 bits per heavy atom. The minimum atomic E-state index is -1.14. The van der Waals surface area contributed by atoms with Gasteiger partial charge in [0.25, 0.3) is 0 Å². The summed E-state index contributed by atoms with van der Waals surface area (Å²) in [5, 5.41) is 1.08. The first-order valence-corrected chi connectivity index (χ1v) is 20.5. The van der Waals surface area contributed by atoms with Gasteiger partial charge in [0.2, 0.25) is 0 Å². The lowest BCUT2D eigenvalue weighted by atomic mass is 9.80. The molecule has 0 saturated carbocycles. The molecule has 0 amide bonds. The Labute approximate surface area is 368 Å². The highest BCUT2D eigenvalue weighted by Gasteiger charge is 2.39. The Kier molecular flexibility index (Phi) is 13.4. The van der Waals surface area contributed by atoms with Crippen LogP contribution in [0.15, 0.2) is 128 Å². The van der Waals surface area contributed by atoms with Crippen molar-refractivity contribution in [3.63, 3.8) is 0 Å². The number of hydrogen-bond donors (Lipinski definition) is 0. The van der Waals surface area contributed by atoms with Crippen molar-refractivity contribution < 1.29 is 28.1 Å². The fourth-order valence-corrected chi connectivity index (χ4v) is 8.63. The molecule has 0 bridgehead atoms. The Balaban J connectivity index is 1.35. The van der Waals surface area contributed by atoms with Gasteiger partial charge >= 0.3 is 0 Å². The maximum Gasteiger partial charge on any atom is 0.157 e. The Morgan fingerprint density at radius 2 is 1.30 bits per heavy atom. The quantitative estimate of drug-likeness (QED) is 0.0547. The van der Waals surface area contributed by atoms with E-state index in [9.17, 15) is 4.39 Å². The minimum absolute atomic E-state index is 0.0202. The van der Waals surface area contributed by atoms with E-state index in [1.165, 1.54) is 12.1 Å². The van der Waals surface area contributed by atoms with Crippen LogP contribution in [0.5, 0.6) is 17.2 Å². The number of benzene rings is 5. The molecule has 5 aromatic carbocycles. The van der Waals surface area contributed by atoms with Crippen molar-refractivity contribution in [2.75, 3.05) is 34.0 Å². The number of aromatic nitrogens is 2. The lowest BCUT2D eigenvalue weighted by molar-refractivity contribution is -0.0523. The second-order valence-electron chi connectivity index (χ2n) is 13.9. The third kappa shape index (κ3) is 8.20. The van der Waals surface area contributed by atoms with Crippen molar-refractivity contribution >= 4 is 51.9 Å². The molecule has 0 aliphatic rings. The lowest BCUT2D eigenvalue weighted by Gasteiger charge is -2.37. The molecule has 0 aliphatic heterocycles. The van der Waals surface area contributed by atoms with Gasteiger partial charge in [-0.15, -0.1) is 6.58 Å². The van der Waals surface area contributed by atoms with Crippen molar-refractivity contribution in [3.05, 3.63) is 182 Å². The molecule has 308 valence electrons. The summed E-state index contributed by atoms with van der Waals surface area (Å²) in [7, 11) is 3.26. The number of fused-ring (bicyclic) bond motifs is 1. The third-order valence-electron chi connectivity index (χ3n) is 10.4. The van der Waals surface area contributed by atoms with Gasteiger partial charge in [0, 0.05) is 23.5 Å². The van der Waals surface area contributed by atoms with Crippen molar-refractivity contribution in [2.45, 2.75) is 25.6 Å². The number of hydrogen-bond acceptors (Lipinski definition) is 6. The second kappa shape index (κ2) is 18.7. The standard InChI is InChI=1S/C48H41Cl4FN2O5/c1-6-26-58-27-38(28-59-48(32-10-8-7-9-11-32,33-14-20-36(56-4)21-15-33)34-16-22-37(57-5)23-17-34)60-45-42(49)29(2)39(30(3)43(45)50)41-40(31-12-18-35(53)19-13-31)47(52)55-25-24-54-46(51)44(41)55/h6-25,38H,1,26-28H2,2-5H3. The molecule has 12 heteroatoms. The average Bonchev–Trinajstić information content (AvgIpc) is 3.57. The van der Waals surface area contributed by atoms with Crippen molar-refractivity contribution in [1.82, 2.24) is 9.38 Å². The summed E-state index contributed by atoms with van der Waals surface area (Å²) in [6.07, 6.45) is 4.20. The average molecular weight is 887 g/mol. The van der Waals surface area contributed by atoms with Gasteiger partial charge in [-0.3, -0.25) is 0 Å². The third-order valence-corrected chi connectivity index (χ3v) is 12.0. The Morgan fingerprint density at radius 3 is 1.85 bits per heavy atom. The van der Waals surface area contributed by atoms with Gasteiger partial charge in [0.15, 0.2) is 10.9 Å². The molecule has 7 rings (SSSR count). The first-order valence-electron chi connectivity index (χ1n) is 19.0. The van der Waals surface area contributed by atoms with E-state index in [4.69, 9.17) is 70.1 Å². The molecular formula is C48H41Cl4FN2O5. The SMILES string of the molecule is C=CCOCC(COC(c1ccccc1)(c1ccc(OC)cc1)c1ccc(OC)cc1)Oc1c(Cl)c(C)c(-c2c(-c3ccc(F)cc3)c(Cl)n3ccnc(Cl)c23)c(C)c1Cl. The maximum atomic E-state index is 14.2. The topological polar surface area (TPSA) is 63.5 Å². The molecule has 60 heavy (non-hydrogen) atoms. The lowest BCUT2D eigenvalue weighted by Crippen LogP contribution is -2.38. The van der Waals surface area contributed by atoms with Gasteiger partial charge in [-0.2, -0.15) is 0 Å². The molecule has 7 aromatic rings. The number of methoxy groups -OCH3 is 2. The fraction of sp³-hybridized carbons (Fsp3) is 0.188. The van der Waals surface area contributed by atoms with Gasteiger partial charge in [0.05, 0.1) is 49.6 Å². The van der Waals surface area contributed by atoms with Crippen LogP contribution in [0.1, 0.15) is 27.8 Å². The summed E-state index contributed by atoms with van der Waals surface area (Å²) < 4.78 is 47.0. The van der Waals surface area contributed by atoms with Crippen LogP contribution in [-0.2, 0) is 15.1 Å². The molecule has 1 atom stereocenters. The van der Waals surface area contributed by atoms with E-state index in [0.717, 1.165) is 16.7 Å². The van der Waals surface area contributed by atoms with E-state index in [2.05, 4.69) is 11.6 Å². The summed E-state index contributed by atoms with van der Waals surface area (Å²) in [5.74, 6) is 1.26. The minimum Gasteiger partial charge on any atom is -0.497 e.